The molecule has 3 rings (SSSR count). The van der Waals surface area contributed by atoms with E-state index in [2.05, 4.69) is 5.32 Å². The highest BCUT2D eigenvalue weighted by Gasteiger charge is 2.11. The van der Waals surface area contributed by atoms with E-state index < -0.39 is 24.3 Å². The minimum Gasteiger partial charge on any atom is -0.489 e. The van der Waals surface area contributed by atoms with Gasteiger partial charge in [-0.25, -0.2) is 9.18 Å². The second-order valence-electron chi connectivity index (χ2n) is 6.39. The Hall–Kier alpha value is -3.67. The summed E-state index contributed by atoms with van der Waals surface area (Å²) in [4.78, 5) is 24.0. The fraction of sp³-hybridized carbons (Fsp3) is 0.130. The lowest BCUT2D eigenvalue weighted by molar-refractivity contribution is -0.119. The van der Waals surface area contributed by atoms with Crippen molar-refractivity contribution in [3.8, 4) is 5.75 Å². The van der Waals surface area contributed by atoms with Crippen molar-refractivity contribution < 1.29 is 23.5 Å². The van der Waals surface area contributed by atoms with Crippen LogP contribution in [0.5, 0.6) is 5.75 Å². The molecule has 0 saturated heterocycles. The Balaban J connectivity index is 1.47. The molecule has 5 nitrogen and oxygen atoms in total. The Morgan fingerprint density at radius 3 is 2.38 bits per heavy atom. The number of ether oxygens (including phenoxy) is 2. The van der Waals surface area contributed by atoms with Crippen LogP contribution in [0.2, 0.25) is 0 Å². The highest BCUT2D eigenvalue weighted by atomic mass is 19.1. The van der Waals surface area contributed by atoms with Crippen molar-refractivity contribution in [1.29, 1.82) is 0 Å². The van der Waals surface area contributed by atoms with E-state index in [1.807, 2.05) is 30.3 Å². The van der Waals surface area contributed by atoms with E-state index in [0.29, 0.717) is 29.2 Å². The van der Waals surface area contributed by atoms with Crippen molar-refractivity contribution in [3.63, 3.8) is 0 Å². The van der Waals surface area contributed by atoms with Crippen LogP contribution in [0.25, 0.3) is 0 Å². The fourth-order valence-electron chi connectivity index (χ4n) is 2.51. The number of carbonyl (C=O) groups excluding carboxylic acids is 2. The van der Waals surface area contributed by atoms with Crippen molar-refractivity contribution in [1.82, 2.24) is 0 Å². The minimum absolute atomic E-state index is 0.297. The highest BCUT2D eigenvalue weighted by molar-refractivity contribution is 5.95. The third-order valence-electron chi connectivity index (χ3n) is 4.13. The minimum atomic E-state index is -0.634. The van der Waals surface area contributed by atoms with Crippen LogP contribution in [-0.4, -0.2) is 18.5 Å². The van der Waals surface area contributed by atoms with Crippen molar-refractivity contribution in [2.75, 3.05) is 11.9 Å². The summed E-state index contributed by atoms with van der Waals surface area (Å²) >= 11 is 0. The summed E-state index contributed by atoms with van der Waals surface area (Å²) in [7, 11) is 0. The van der Waals surface area contributed by atoms with E-state index in [1.54, 1.807) is 43.3 Å². The molecule has 0 aliphatic carbocycles. The smallest absolute Gasteiger partial charge is 0.338 e. The maximum Gasteiger partial charge on any atom is 0.338 e. The van der Waals surface area contributed by atoms with E-state index in [0.717, 1.165) is 5.56 Å². The van der Waals surface area contributed by atoms with Gasteiger partial charge in [-0.2, -0.15) is 0 Å². The maximum atomic E-state index is 13.5. The second-order valence-corrected chi connectivity index (χ2v) is 6.39. The molecule has 6 heteroatoms. The lowest BCUT2D eigenvalue weighted by atomic mass is 10.2. The first-order chi connectivity index (χ1) is 14.0. The van der Waals surface area contributed by atoms with Crippen LogP contribution >= 0.6 is 0 Å². The Kier molecular flexibility index (Phi) is 6.58. The van der Waals surface area contributed by atoms with E-state index in [1.165, 1.54) is 6.07 Å². The van der Waals surface area contributed by atoms with Crippen LogP contribution in [0.15, 0.2) is 72.8 Å². The van der Waals surface area contributed by atoms with Gasteiger partial charge in [-0.15, -0.1) is 0 Å². The summed E-state index contributed by atoms with van der Waals surface area (Å²) in [5.41, 5.74) is 2.11. The Bertz CT molecular complexity index is 988. The number of hydrogen-bond acceptors (Lipinski definition) is 4. The van der Waals surface area contributed by atoms with Crippen LogP contribution < -0.4 is 10.1 Å². The summed E-state index contributed by atoms with van der Waals surface area (Å²) in [5.74, 6) is -0.992. The molecule has 3 aromatic carbocycles. The first-order valence-corrected chi connectivity index (χ1v) is 9.01. The van der Waals surface area contributed by atoms with Gasteiger partial charge < -0.3 is 14.8 Å². The Morgan fingerprint density at radius 1 is 0.966 bits per heavy atom. The van der Waals surface area contributed by atoms with Crippen LogP contribution in [0, 0.1) is 12.7 Å². The molecule has 1 amide bonds. The topological polar surface area (TPSA) is 64.6 Å². The van der Waals surface area contributed by atoms with Crippen LogP contribution in [0.4, 0.5) is 10.1 Å². The van der Waals surface area contributed by atoms with Gasteiger partial charge >= 0.3 is 5.97 Å². The summed E-state index contributed by atoms with van der Waals surface area (Å²) in [5, 5.41) is 2.48. The average Bonchev–Trinajstić information content (AvgIpc) is 2.74. The molecule has 0 unspecified atom stereocenters. The van der Waals surface area contributed by atoms with Gasteiger partial charge in [-0.05, 0) is 54.4 Å². The van der Waals surface area contributed by atoms with Gasteiger partial charge in [0.2, 0.25) is 0 Å². The molecule has 0 atom stereocenters. The molecule has 0 spiro atoms. The van der Waals surface area contributed by atoms with Gasteiger partial charge in [-0.1, -0.05) is 36.4 Å². The van der Waals surface area contributed by atoms with Crippen LogP contribution in [-0.2, 0) is 16.1 Å². The molecular formula is C23H20FNO4. The number of hydrogen-bond donors (Lipinski definition) is 1. The number of halogens is 1. The molecular weight excluding hydrogens is 373 g/mol. The molecule has 148 valence electrons. The highest BCUT2D eigenvalue weighted by Crippen LogP contribution is 2.16. The molecule has 0 aliphatic rings. The molecule has 0 saturated carbocycles. The molecule has 3 aromatic rings. The fourth-order valence-corrected chi connectivity index (χ4v) is 2.51. The third-order valence-corrected chi connectivity index (χ3v) is 4.13. The predicted molar refractivity (Wildman–Crippen MR) is 107 cm³/mol. The zero-order chi connectivity index (χ0) is 20.6. The first kappa shape index (κ1) is 20.1. The molecule has 1 N–H and O–H groups in total. The lowest BCUT2D eigenvalue weighted by Gasteiger charge is -2.09. The first-order valence-electron chi connectivity index (χ1n) is 9.01. The number of esters is 1. The van der Waals surface area contributed by atoms with E-state index in [-0.39, 0.29) is 0 Å². The van der Waals surface area contributed by atoms with Gasteiger partial charge in [0.25, 0.3) is 5.91 Å². The summed E-state index contributed by atoms with van der Waals surface area (Å²) in [6, 6.07) is 20.5. The zero-order valence-electron chi connectivity index (χ0n) is 15.9. The van der Waals surface area contributed by atoms with Gasteiger partial charge in [0.1, 0.15) is 18.2 Å². The zero-order valence-corrected chi connectivity index (χ0v) is 15.9. The normalized spacial score (nSPS) is 10.3. The summed E-state index contributed by atoms with van der Waals surface area (Å²) in [6.07, 6.45) is 0. The number of aryl methyl sites for hydroxylation is 1. The number of amides is 1. The SMILES string of the molecule is Cc1ccc(NC(=O)COC(=O)c2ccc(OCc3ccccc3)cc2)cc1F. The van der Waals surface area contributed by atoms with Crippen LogP contribution in [0.1, 0.15) is 21.5 Å². The van der Waals surface area contributed by atoms with Gasteiger partial charge in [-0.3, -0.25) is 4.79 Å². The molecule has 0 radical (unpaired) electrons. The van der Waals surface area contributed by atoms with E-state index >= 15 is 0 Å². The molecule has 0 bridgehead atoms. The number of benzene rings is 3. The second kappa shape index (κ2) is 9.50. The van der Waals surface area contributed by atoms with Crippen molar-refractivity contribution in [3.05, 3.63) is 95.3 Å². The number of nitrogens with one attached hydrogen (secondary N) is 1. The van der Waals surface area contributed by atoms with Gasteiger partial charge in [0, 0.05) is 5.69 Å². The van der Waals surface area contributed by atoms with E-state index in [9.17, 15) is 14.0 Å². The largest absolute Gasteiger partial charge is 0.489 e. The lowest BCUT2D eigenvalue weighted by Crippen LogP contribution is -2.21. The third kappa shape index (κ3) is 5.90. The quantitative estimate of drug-likeness (QED) is 0.600. The van der Waals surface area contributed by atoms with Gasteiger partial charge in [0.15, 0.2) is 6.61 Å². The predicted octanol–water partition coefficient (Wildman–Crippen LogP) is 4.51. The van der Waals surface area contributed by atoms with E-state index in [4.69, 9.17) is 9.47 Å². The molecule has 0 aromatic heterocycles. The molecule has 0 heterocycles. The van der Waals surface area contributed by atoms with Crippen molar-refractivity contribution in [2.24, 2.45) is 0 Å². The van der Waals surface area contributed by atoms with Crippen molar-refractivity contribution in [2.45, 2.75) is 13.5 Å². The van der Waals surface area contributed by atoms with Gasteiger partial charge in [0.05, 0.1) is 5.56 Å². The average molecular weight is 393 g/mol. The molecule has 0 fully saturated rings. The monoisotopic (exact) mass is 393 g/mol. The Labute approximate surface area is 168 Å². The van der Waals surface area contributed by atoms with Crippen molar-refractivity contribution >= 4 is 17.6 Å². The number of anilines is 1. The van der Waals surface area contributed by atoms with Crippen LogP contribution in [0.3, 0.4) is 0 Å². The Morgan fingerprint density at radius 2 is 1.69 bits per heavy atom. The molecule has 0 aliphatic heterocycles. The standard InChI is InChI=1S/C23H20FNO4/c1-16-7-10-19(13-21(16)24)25-22(26)15-29-23(27)18-8-11-20(12-9-18)28-14-17-5-3-2-4-6-17/h2-13H,14-15H2,1H3,(H,25,26). The maximum absolute atomic E-state index is 13.5. The summed E-state index contributed by atoms with van der Waals surface area (Å²) < 4.78 is 24.2. The number of rotatable bonds is 7. The number of carbonyl (C=O) groups is 2. The molecule has 29 heavy (non-hydrogen) atoms. The summed E-state index contributed by atoms with van der Waals surface area (Å²) in [6.45, 7) is 1.58.